The lowest BCUT2D eigenvalue weighted by molar-refractivity contribution is -0.136. The Hall–Kier alpha value is -1.95. The summed E-state index contributed by atoms with van der Waals surface area (Å²) in [4.78, 5) is 21.0. The lowest BCUT2D eigenvalue weighted by atomic mass is 10.2. The SMILES string of the molecule is CN(Cc1ccncc1)c1nc(CCC(=O)O)cs1. The van der Waals surface area contributed by atoms with Crippen LogP contribution >= 0.6 is 11.3 Å². The van der Waals surface area contributed by atoms with Gasteiger partial charge in [-0.25, -0.2) is 4.98 Å². The summed E-state index contributed by atoms with van der Waals surface area (Å²) < 4.78 is 0. The third kappa shape index (κ3) is 4.03. The molecule has 0 radical (unpaired) electrons. The van der Waals surface area contributed by atoms with Crippen molar-refractivity contribution in [3.8, 4) is 0 Å². The molecule has 0 aromatic carbocycles. The van der Waals surface area contributed by atoms with Crippen molar-refractivity contribution in [1.29, 1.82) is 0 Å². The molecule has 6 heteroatoms. The first-order chi connectivity index (χ1) is 9.15. The molecule has 0 fully saturated rings. The van der Waals surface area contributed by atoms with Crippen LogP contribution in [0.5, 0.6) is 0 Å². The zero-order chi connectivity index (χ0) is 13.7. The quantitative estimate of drug-likeness (QED) is 0.876. The van der Waals surface area contributed by atoms with Gasteiger partial charge in [0.2, 0.25) is 0 Å². The molecule has 2 aromatic rings. The maximum absolute atomic E-state index is 10.5. The van der Waals surface area contributed by atoms with Crippen LogP contribution in [0.25, 0.3) is 0 Å². The van der Waals surface area contributed by atoms with Gasteiger partial charge in [-0.05, 0) is 17.7 Å². The molecule has 2 aromatic heterocycles. The topological polar surface area (TPSA) is 66.3 Å². The number of hydrogen-bond acceptors (Lipinski definition) is 5. The van der Waals surface area contributed by atoms with Crippen LogP contribution in [0.3, 0.4) is 0 Å². The summed E-state index contributed by atoms with van der Waals surface area (Å²) in [5.41, 5.74) is 2.00. The van der Waals surface area contributed by atoms with Crippen LogP contribution in [0.1, 0.15) is 17.7 Å². The zero-order valence-electron chi connectivity index (χ0n) is 10.6. The Bertz CT molecular complexity index is 542. The molecule has 0 bridgehead atoms. The average molecular weight is 277 g/mol. The predicted molar refractivity (Wildman–Crippen MR) is 74.4 cm³/mol. The molecule has 5 nitrogen and oxygen atoms in total. The molecule has 0 aliphatic carbocycles. The van der Waals surface area contributed by atoms with Gasteiger partial charge < -0.3 is 10.0 Å². The molecular formula is C13H15N3O2S. The fourth-order valence-electron chi connectivity index (χ4n) is 1.65. The second-order valence-corrected chi connectivity index (χ2v) is 5.06. The number of pyridine rings is 1. The Kier molecular flexibility index (Phi) is 4.46. The average Bonchev–Trinajstić information content (AvgIpc) is 2.86. The van der Waals surface area contributed by atoms with Gasteiger partial charge in [0.25, 0.3) is 0 Å². The molecule has 100 valence electrons. The molecule has 19 heavy (non-hydrogen) atoms. The molecule has 0 amide bonds. The third-order valence-corrected chi connectivity index (χ3v) is 3.63. The normalized spacial score (nSPS) is 10.4. The maximum atomic E-state index is 10.5. The molecule has 0 unspecified atom stereocenters. The van der Waals surface area contributed by atoms with E-state index >= 15 is 0 Å². The van der Waals surface area contributed by atoms with Crippen LogP contribution in [0, 0.1) is 0 Å². The summed E-state index contributed by atoms with van der Waals surface area (Å²) in [5.74, 6) is -0.792. The summed E-state index contributed by atoms with van der Waals surface area (Å²) >= 11 is 1.53. The third-order valence-electron chi connectivity index (χ3n) is 2.63. The number of aliphatic carboxylic acids is 1. The Morgan fingerprint density at radius 1 is 1.42 bits per heavy atom. The fraction of sp³-hybridized carbons (Fsp3) is 0.308. The number of hydrogen-bond donors (Lipinski definition) is 1. The van der Waals surface area contributed by atoms with Crippen molar-refractivity contribution in [2.45, 2.75) is 19.4 Å². The van der Waals surface area contributed by atoms with E-state index in [1.165, 1.54) is 16.9 Å². The molecule has 0 saturated carbocycles. The van der Waals surface area contributed by atoms with E-state index in [4.69, 9.17) is 5.11 Å². The minimum absolute atomic E-state index is 0.122. The number of aryl methyl sites for hydroxylation is 1. The number of anilines is 1. The standard InChI is InChI=1S/C13H15N3O2S/c1-16(8-10-4-6-14-7-5-10)13-15-11(9-19-13)2-3-12(17)18/h4-7,9H,2-3,8H2,1H3,(H,17,18). The summed E-state index contributed by atoms with van der Waals surface area (Å²) in [5, 5.41) is 11.5. The van der Waals surface area contributed by atoms with Crippen LogP contribution in [0.4, 0.5) is 5.13 Å². The van der Waals surface area contributed by atoms with Crippen molar-refractivity contribution < 1.29 is 9.90 Å². The number of carboxylic acid groups (broad SMARTS) is 1. The second-order valence-electron chi connectivity index (χ2n) is 4.23. The van der Waals surface area contributed by atoms with Crippen LogP contribution in [-0.4, -0.2) is 28.1 Å². The van der Waals surface area contributed by atoms with E-state index in [0.29, 0.717) is 6.42 Å². The Balaban J connectivity index is 1.96. The van der Waals surface area contributed by atoms with E-state index in [1.54, 1.807) is 12.4 Å². The summed E-state index contributed by atoms with van der Waals surface area (Å²) in [6, 6.07) is 3.94. The molecule has 2 heterocycles. The molecule has 0 spiro atoms. The van der Waals surface area contributed by atoms with Crippen LogP contribution in [0.2, 0.25) is 0 Å². The van der Waals surface area contributed by atoms with E-state index in [0.717, 1.165) is 17.4 Å². The number of aromatic nitrogens is 2. The van der Waals surface area contributed by atoms with Gasteiger partial charge in [0.05, 0.1) is 12.1 Å². The zero-order valence-corrected chi connectivity index (χ0v) is 11.4. The van der Waals surface area contributed by atoms with Crippen molar-refractivity contribution in [3.05, 3.63) is 41.2 Å². The van der Waals surface area contributed by atoms with Crippen molar-refractivity contribution in [2.75, 3.05) is 11.9 Å². The lowest BCUT2D eigenvalue weighted by Gasteiger charge is -2.15. The summed E-state index contributed by atoms with van der Waals surface area (Å²) in [6.07, 6.45) is 4.14. The van der Waals surface area contributed by atoms with Gasteiger partial charge in [0, 0.05) is 37.8 Å². The Labute approximate surface area is 115 Å². The van der Waals surface area contributed by atoms with E-state index in [2.05, 4.69) is 9.97 Å². The monoisotopic (exact) mass is 277 g/mol. The van der Waals surface area contributed by atoms with Crippen molar-refractivity contribution in [1.82, 2.24) is 9.97 Å². The molecular weight excluding hydrogens is 262 g/mol. The second kappa shape index (κ2) is 6.29. The molecule has 0 aliphatic rings. The number of carbonyl (C=O) groups is 1. The molecule has 2 rings (SSSR count). The van der Waals surface area contributed by atoms with Crippen molar-refractivity contribution >= 4 is 22.4 Å². The van der Waals surface area contributed by atoms with Gasteiger partial charge in [0.15, 0.2) is 5.13 Å². The highest BCUT2D eigenvalue weighted by atomic mass is 32.1. The highest BCUT2D eigenvalue weighted by Gasteiger charge is 2.08. The van der Waals surface area contributed by atoms with Crippen LogP contribution in [0.15, 0.2) is 29.9 Å². The summed E-state index contributed by atoms with van der Waals surface area (Å²) in [6.45, 7) is 0.758. The van der Waals surface area contributed by atoms with Gasteiger partial charge in [-0.3, -0.25) is 9.78 Å². The van der Waals surface area contributed by atoms with E-state index in [-0.39, 0.29) is 6.42 Å². The highest BCUT2D eigenvalue weighted by molar-refractivity contribution is 7.13. The highest BCUT2D eigenvalue weighted by Crippen LogP contribution is 2.21. The van der Waals surface area contributed by atoms with Gasteiger partial charge in [-0.15, -0.1) is 11.3 Å². The molecule has 1 N–H and O–H groups in total. The van der Waals surface area contributed by atoms with E-state index in [1.807, 2.05) is 29.5 Å². The molecule has 0 atom stereocenters. The number of nitrogens with zero attached hydrogens (tertiary/aromatic N) is 3. The maximum Gasteiger partial charge on any atom is 0.303 e. The van der Waals surface area contributed by atoms with Crippen LogP contribution < -0.4 is 4.90 Å². The van der Waals surface area contributed by atoms with Crippen LogP contribution in [-0.2, 0) is 17.8 Å². The molecule has 0 aliphatic heterocycles. The minimum atomic E-state index is -0.792. The smallest absolute Gasteiger partial charge is 0.303 e. The lowest BCUT2D eigenvalue weighted by Crippen LogP contribution is -2.16. The fourth-order valence-corrected chi connectivity index (χ4v) is 2.48. The van der Waals surface area contributed by atoms with E-state index < -0.39 is 5.97 Å². The van der Waals surface area contributed by atoms with Gasteiger partial charge >= 0.3 is 5.97 Å². The van der Waals surface area contributed by atoms with Crippen molar-refractivity contribution in [3.63, 3.8) is 0 Å². The number of carboxylic acids is 1. The first kappa shape index (κ1) is 13.5. The number of thiazole rings is 1. The van der Waals surface area contributed by atoms with Gasteiger partial charge in [0.1, 0.15) is 0 Å². The first-order valence-corrected chi connectivity index (χ1v) is 6.79. The van der Waals surface area contributed by atoms with Gasteiger partial charge in [-0.2, -0.15) is 0 Å². The van der Waals surface area contributed by atoms with Crippen molar-refractivity contribution in [2.24, 2.45) is 0 Å². The largest absolute Gasteiger partial charge is 0.481 e. The Morgan fingerprint density at radius 2 is 2.16 bits per heavy atom. The number of rotatable bonds is 6. The van der Waals surface area contributed by atoms with E-state index in [9.17, 15) is 4.79 Å². The minimum Gasteiger partial charge on any atom is -0.481 e. The van der Waals surface area contributed by atoms with Gasteiger partial charge in [-0.1, -0.05) is 0 Å². The summed E-state index contributed by atoms with van der Waals surface area (Å²) in [7, 11) is 1.97. The molecule has 0 saturated heterocycles. The first-order valence-electron chi connectivity index (χ1n) is 5.91. The Morgan fingerprint density at radius 3 is 2.84 bits per heavy atom. The predicted octanol–water partition coefficient (Wildman–Crippen LogP) is 2.19.